The van der Waals surface area contributed by atoms with Crippen LogP contribution >= 0.6 is 0 Å². The van der Waals surface area contributed by atoms with Gasteiger partial charge >= 0.3 is 11.9 Å². The van der Waals surface area contributed by atoms with Crippen LogP contribution in [0.15, 0.2) is 53.6 Å². The van der Waals surface area contributed by atoms with Crippen LogP contribution in [0.5, 0.6) is 5.75 Å². The van der Waals surface area contributed by atoms with Gasteiger partial charge in [0.25, 0.3) is 5.91 Å². The number of pyridine rings is 1. The van der Waals surface area contributed by atoms with Crippen LogP contribution in [0.4, 0.5) is 26.3 Å². The van der Waals surface area contributed by atoms with Gasteiger partial charge in [0, 0.05) is 36.5 Å². The lowest BCUT2D eigenvalue weighted by Gasteiger charge is -2.32. The third kappa shape index (κ3) is 5.21. The highest BCUT2D eigenvalue weighted by Gasteiger charge is 2.36. The van der Waals surface area contributed by atoms with Crippen molar-refractivity contribution in [2.75, 3.05) is 20.2 Å². The minimum Gasteiger partial charge on any atom is -0.495 e. The van der Waals surface area contributed by atoms with Crippen LogP contribution in [-0.2, 0) is 6.18 Å². The van der Waals surface area contributed by atoms with Crippen molar-refractivity contribution in [3.05, 3.63) is 93.5 Å². The number of imidazole rings is 1. The Morgan fingerprint density at radius 1 is 1.02 bits per heavy atom. The fourth-order valence-electron chi connectivity index (χ4n) is 5.73. The average molecular weight is 631 g/mol. The minimum absolute atomic E-state index is 0.0680. The molecule has 0 spiro atoms. The average Bonchev–Trinajstić information content (AvgIpc) is 3.55. The van der Waals surface area contributed by atoms with Gasteiger partial charge in [-0.25, -0.2) is 22.6 Å². The van der Waals surface area contributed by atoms with Gasteiger partial charge in [-0.2, -0.15) is 18.3 Å². The number of hydrogen-bond acceptors (Lipinski definition) is 5. The number of halogens is 6. The van der Waals surface area contributed by atoms with Crippen LogP contribution in [0, 0.1) is 24.4 Å². The molecule has 9 nitrogen and oxygen atoms in total. The number of nitrogens with one attached hydrogen (secondary N) is 1. The van der Waals surface area contributed by atoms with E-state index in [1.54, 1.807) is 13.0 Å². The standard InChI is InChI=1S/C30H24F6N6O3/c1-15-25(28(43)40-9-7-17(8-10-40)41-27-23(38-29(41)44)6-5-22(32)24(27)33)39-42(26(15)16-11-19(45-2)14-37-13-16)18-3-4-21(31)20(12-18)30(34,35)36/h3-6,11-14,17H,7-10H2,1-2H3,(H,38,44). The summed E-state index contributed by atoms with van der Waals surface area (Å²) in [6.45, 7) is 1.82. The zero-order valence-corrected chi connectivity index (χ0v) is 23.8. The molecular formula is C30H24F6N6O3. The van der Waals surface area contributed by atoms with Gasteiger partial charge in [-0.05, 0) is 56.2 Å². The first-order valence-corrected chi connectivity index (χ1v) is 13.7. The molecule has 1 amide bonds. The summed E-state index contributed by atoms with van der Waals surface area (Å²) >= 11 is 0. The van der Waals surface area contributed by atoms with E-state index in [-0.39, 0.29) is 54.0 Å². The molecule has 234 valence electrons. The van der Waals surface area contributed by atoms with E-state index < -0.39 is 46.8 Å². The molecule has 0 bridgehead atoms. The summed E-state index contributed by atoms with van der Waals surface area (Å²) in [6, 6.07) is 5.64. The zero-order valence-electron chi connectivity index (χ0n) is 23.8. The number of amides is 1. The lowest BCUT2D eigenvalue weighted by atomic mass is 10.0. The molecule has 5 aromatic rings. The van der Waals surface area contributed by atoms with E-state index >= 15 is 0 Å². The van der Waals surface area contributed by atoms with E-state index in [2.05, 4.69) is 15.1 Å². The molecule has 1 aliphatic heterocycles. The molecule has 6 rings (SSSR count). The topological polar surface area (TPSA) is 98.0 Å². The van der Waals surface area contributed by atoms with Gasteiger partial charge in [0.05, 0.1) is 35.8 Å². The van der Waals surface area contributed by atoms with Crippen LogP contribution in [-0.4, -0.2) is 55.3 Å². The van der Waals surface area contributed by atoms with Gasteiger partial charge in [-0.1, -0.05) is 0 Å². The normalized spacial score (nSPS) is 14.4. The Kier molecular flexibility index (Phi) is 7.41. The summed E-state index contributed by atoms with van der Waals surface area (Å²) < 4.78 is 91.1. The summed E-state index contributed by atoms with van der Waals surface area (Å²) in [5, 5.41) is 4.40. The van der Waals surface area contributed by atoms with Crippen molar-refractivity contribution in [3.63, 3.8) is 0 Å². The molecular weight excluding hydrogens is 606 g/mol. The predicted molar refractivity (Wildman–Crippen MR) is 150 cm³/mol. The number of benzene rings is 2. The van der Waals surface area contributed by atoms with E-state index in [1.807, 2.05) is 0 Å². The molecule has 15 heteroatoms. The maximum atomic E-state index is 14.7. The number of aromatic nitrogens is 5. The summed E-state index contributed by atoms with van der Waals surface area (Å²) in [5.74, 6) is -3.91. The molecule has 3 aromatic heterocycles. The van der Waals surface area contributed by atoms with Crippen LogP contribution in [0.3, 0.4) is 0 Å². The van der Waals surface area contributed by atoms with E-state index in [9.17, 15) is 35.9 Å². The smallest absolute Gasteiger partial charge is 0.419 e. The van der Waals surface area contributed by atoms with Crippen molar-refractivity contribution in [2.45, 2.75) is 32.0 Å². The van der Waals surface area contributed by atoms with Crippen molar-refractivity contribution in [1.29, 1.82) is 0 Å². The molecule has 45 heavy (non-hydrogen) atoms. The number of ether oxygens (including phenoxy) is 1. The van der Waals surface area contributed by atoms with Gasteiger partial charge in [-0.3, -0.25) is 14.3 Å². The Labute approximate surface area is 250 Å². The Bertz CT molecular complexity index is 2010. The second-order valence-corrected chi connectivity index (χ2v) is 10.6. The van der Waals surface area contributed by atoms with Gasteiger partial charge in [-0.15, -0.1) is 0 Å². The largest absolute Gasteiger partial charge is 0.495 e. The first kappa shape index (κ1) is 30.0. The van der Waals surface area contributed by atoms with Crippen molar-refractivity contribution in [2.24, 2.45) is 0 Å². The highest BCUT2D eigenvalue weighted by Crippen LogP contribution is 2.36. The lowest BCUT2D eigenvalue weighted by Crippen LogP contribution is -2.41. The van der Waals surface area contributed by atoms with Crippen LogP contribution in [0.1, 0.15) is 40.5 Å². The number of methoxy groups -OCH3 is 1. The SMILES string of the molecule is COc1cncc(-c2c(C)c(C(=O)N3CCC(n4c(=O)[nH]c5ccc(F)c(F)c54)CC3)nn2-c2ccc(F)c(C(F)(F)F)c2)c1. The number of rotatable bonds is 5. The maximum Gasteiger partial charge on any atom is 0.419 e. The molecule has 0 atom stereocenters. The first-order valence-electron chi connectivity index (χ1n) is 13.7. The van der Waals surface area contributed by atoms with Crippen LogP contribution in [0.25, 0.3) is 28.0 Å². The van der Waals surface area contributed by atoms with Gasteiger partial charge in [0.1, 0.15) is 17.1 Å². The number of likely N-dealkylation sites (tertiary alicyclic amines) is 1. The number of fused-ring (bicyclic) bond motifs is 1. The molecule has 4 heterocycles. The van der Waals surface area contributed by atoms with Gasteiger partial charge in [0.15, 0.2) is 17.3 Å². The van der Waals surface area contributed by atoms with Crippen molar-refractivity contribution in [3.8, 4) is 22.7 Å². The Morgan fingerprint density at radius 3 is 2.42 bits per heavy atom. The van der Waals surface area contributed by atoms with E-state index in [1.165, 1.54) is 30.5 Å². The van der Waals surface area contributed by atoms with Crippen molar-refractivity contribution >= 4 is 16.9 Å². The third-order valence-electron chi connectivity index (χ3n) is 7.93. The molecule has 1 N–H and O–H groups in total. The van der Waals surface area contributed by atoms with E-state index in [0.29, 0.717) is 29.0 Å². The number of aromatic amines is 1. The number of H-pyrrole nitrogens is 1. The van der Waals surface area contributed by atoms with E-state index in [0.717, 1.165) is 21.4 Å². The quantitative estimate of drug-likeness (QED) is 0.248. The van der Waals surface area contributed by atoms with Gasteiger partial charge in [0.2, 0.25) is 0 Å². The summed E-state index contributed by atoms with van der Waals surface area (Å²) in [7, 11) is 1.41. The molecule has 0 aliphatic carbocycles. The fourth-order valence-corrected chi connectivity index (χ4v) is 5.73. The highest BCUT2D eigenvalue weighted by atomic mass is 19.4. The second-order valence-electron chi connectivity index (χ2n) is 10.6. The van der Waals surface area contributed by atoms with E-state index in [4.69, 9.17) is 4.74 Å². The number of carbonyl (C=O) groups is 1. The molecule has 0 radical (unpaired) electrons. The van der Waals surface area contributed by atoms with Crippen LogP contribution in [0.2, 0.25) is 0 Å². The predicted octanol–water partition coefficient (Wildman–Crippen LogP) is 5.81. The molecule has 1 aliphatic rings. The summed E-state index contributed by atoms with van der Waals surface area (Å²) in [6.07, 6.45) is -1.67. The van der Waals surface area contributed by atoms with Crippen LogP contribution < -0.4 is 10.4 Å². The minimum atomic E-state index is -4.98. The number of hydrogen-bond donors (Lipinski definition) is 1. The Hall–Kier alpha value is -5.08. The number of nitrogens with zero attached hydrogens (tertiary/aromatic N) is 5. The molecule has 0 unspecified atom stereocenters. The summed E-state index contributed by atoms with van der Waals surface area (Å²) in [4.78, 5) is 34.6. The molecule has 1 saturated heterocycles. The number of piperidine rings is 1. The van der Waals surface area contributed by atoms with Crippen molar-refractivity contribution in [1.82, 2.24) is 29.2 Å². The lowest BCUT2D eigenvalue weighted by molar-refractivity contribution is -0.140. The fraction of sp³-hybridized carbons (Fsp3) is 0.267. The molecule has 2 aromatic carbocycles. The molecule has 1 fully saturated rings. The van der Waals surface area contributed by atoms with Crippen molar-refractivity contribution < 1.29 is 35.9 Å². The second kappa shape index (κ2) is 11.1. The van der Waals surface area contributed by atoms with Gasteiger partial charge < -0.3 is 14.6 Å². The highest BCUT2D eigenvalue weighted by molar-refractivity contribution is 5.96. The zero-order chi connectivity index (χ0) is 32.2. The monoisotopic (exact) mass is 630 g/mol. The third-order valence-corrected chi connectivity index (χ3v) is 7.93. The number of alkyl halides is 3. The number of carbonyl (C=O) groups excluding carboxylic acids is 1. The first-order chi connectivity index (χ1) is 21.4. The Balaban J connectivity index is 1.36. The molecule has 0 saturated carbocycles. The maximum absolute atomic E-state index is 14.7. The summed E-state index contributed by atoms with van der Waals surface area (Å²) in [5.41, 5.74) is -1.42. The Morgan fingerprint density at radius 2 is 1.73 bits per heavy atom.